The van der Waals surface area contributed by atoms with Crippen molar-refractivity contribution in [3.8, 4) is 5.75 Å². The highest BCUT2D eigenvalue weighted by atomic mass is 127. The maximum absolute atomic E-state index is 13.8. The fraction of sp³-hybridized carbons (Fsp3) is 0.176. The summed E-state index contributed by atoms with van der Waals surface area (Å²) in [5.74, 6) is -1.63. The Morgan fingerprint density at radius 3 is 2.69 bits per heavy atom. The fourth-order valence-corrected chi connectivity index (χ4v) is 3.18. The summed E-state index contributed by atoms with van der Waals surface area (Å²) < 4.78 is 40.6. The number of hydrogen-bond donors (Lipinski definition) is 0. The summed E-state index contributed by atoms with van der Waals surface area (Å²) >= 11 is 5.26. The molecule has 2 heterocycles. The van der Waals surface area contributed by atoms with Gasteiger partial charge in [0.15, 0.2) is 17.1 Å². The molecule has 0 aliphatic rings. The number of halogens is 4. The molecule has 0 bridgehead atoms. The average Bonchev–Trinajstić information content (AvgIpc) is 2.90. The van der Waals surface area contributed by atoms with E-state index in [1.807, 2.05) is 22.6 Å². The van der Waals surface area contributed by atoms with Gasteiger partial charge >= 0.3 is 5.97 Å². The molecule has 0 radical (unpaired) electrons. The topological polar surface area (TPSA) is 52.8 Å². The van der Waals surface area contributed by atoms with E-state index >= 15 is 0 Å². The molecule has 0 saturated carbocycles. The van der Waals surface area contributed by atoms with Gasteiger partial charge in [0.25, 0.3) is 0 Å². The van der Waals surface area contributed by atoms with Crippen LogP contribution in [0.2, 0.25) is 0 Å². The van der Waals surface area contributed by atoms with Crippen LogP contribution in [0.3, 0.4) is 0 Å². The quantitative estimate of drug-likeness (QED) is 0.267. The monoisotopic (exact) mass is 536 g/mol. The molecule has 3 rings (SSSR count). The fourth-order valence-electron chi connectivity index (χ4n) is 2.49. The number of rotatable bonds is 5. The highest BCUT2D eigenvalue weighted by Gasteiger charge is 2.21. The number of fused-ring (bicyclic) bond motifs is 1. The third-order valence-corrected chi connectivity index (χ3v) is 4.38. The van der Waals surface area contributed by atoms with Gasteiger partial charge in [-0.3, -0.25) is 4.40 Å². The molecule has 0 saturated heterocycles. The van der Waals surface area contributed by atoms with Crippen LogP contribution >= 0.6 is 38.5 Å². The predicted octanol–water partition coefficient (Wildman–Crippen LogP) is 4.81. The highest BCUT2D eigenvalue weighted by molar-refractivity contribution is 14.1. The lowest BCUT2D eigenvalue weighted by atomic mass is 10.2. The van der Waals surface area contributed by atoms with Gasteiger partial charge in [-0.15, -0.1) is 0 Å². The van der Waals surface area contributed by atoms with Crippen LogP contribution in [0, 0.1) is 18.6 Å². The van der Waals surface area contributed by atoms with Gasteiger partial charge in [0.05, 0.1) is 11.3 Å². The van der Waals surface area contributed by atoms with E-state index in [-0.39, 0.29) is 28.2 Å². The molecule has 0 aliphatic carbocycles. The molecular weight excluding hydrogens is 525 g/mol. The summed E-state index contributed by atoms with van der Waals surface area (Å²) in [7, 11) is 0. The van der Waals surface area contributed by atoms with E-state index in [1.54, 1.807) is 19.2 Å². The van der Waals surface area contributed by atoms with Gasteiger partial charge in [-0.2, -0.15) is 0 Å². The normalized spacial score (nSPS) is 11.0. The number of hydrogen-bond acceptors (Lipinski definition) is 4. The number of alkyl halides is 1. The van der Waals surface area contributed by atoms with Crippen molar-refractivity contribution in [1.29, 1.82) is 0 Å². The van der Waals surface area contributed by atoms with Gasteiger partial charge in [-0.1, -0.05) is 6.07 Å². The molecule has 136 valence electrons. The van der Waals surface area contributed by atoms with Crippen molar-refractivity contribution < 1.29 is 23.0 Å². The standard InChI is InChI=1S/C17H12BrF2IN2O3/c1-9-15(17(24)26-8-21)23-6-10(18)5-14(16(23)22-9)25-7-11-12(19)3-2-4-13(11)20/h2-6H,7-8H2,1H3. The van der Waals surface area contributed by atoms with Gasteiger partial charge in [0.2, 0.25) is 0 Å². The van der Waals surface area contributed by atoms with Crippen molar-refractivity contribution in [3.63, 3.8) is 0 Å². The summed E-state index contributed by atoms with van der Waals surface area (Å²) in [5.41, 5.74) is 0.890. The van der Waals surface area contributed by atoms with Crippen LogP contribution in [0.5, 0.6) is 5.75 Å². The van der Waals surface area contributed by atoms with E-state index in [0.717, 1.165) is 12.1 Å². The molecular formula is C17H12BrF2IN2O3. The Bertz CT molecular complexity index is 974. The minimum atomic E-state index is -0.693. The van der Waals surface area contributed by atoms with Crippen LogP contribution in [0.4, 0.5) is 8.78 Å². The molecule has 26 heavy (non-hydrogen) atoms. The molecule has 0 spiro atoms. The molecule has 0 N–H and O–H groups in total. The first kappa shape index (κ1) is 19.0. The van der Waals surface area contributed by atoms with E-state index in [0.29, 0.717) is 15.8 Å². The summed E-state index contributed by atoms with van der Waals surface area (Å²) in [6.45, 7) is 1.36. The summed E-state index contributed by atoms with van der Waals surface area (Å²) in [6, 6.07) is 5.23. The van der Waals surface area contributed by atoms with Crippen LogP contribution in [-0.4, -0.2) is 20.0 Å². The maximum Gasteiger partial charge on any atom is 0.358 e. The van der Waals surface area contributed by atoms with Crippen molar-refractivity contribution in [2.24, 2.45) is 0 Å². The first-order valence-corrected chi connectivity index (χ1v) is 9.71. The van der Waals surface area contributed by atoms with Gasteiger partial charge < -0.3 is 9.47 Å². The molecule has 1 aromatic carbocycles. The largest absolute Gasteiger partial charge is 0.485 e. The Morgan fingerprint density at radius 2 is 2.04 bits per heavy atom. The number of carbonyl (C=O) groups is 1. The van der Waals surface area contributed by atoms with E-state index in [4.69, 9.17) is 9.47 Å². The lowest BCUT2D eigenvalue weighted by Gasteiger charge is -2.10. The number of esters is 1. The first-order valence-electron chi connectivity index (χ1n) is 7.39. The molecule has 0 aliphatic heterocycles. The SMILES string of the molecule is Cc1nc2c(OCc3c(F)cccc3F)cc(Br)cn2c1C(=O)OCI. The van der Waals surface area contributed by atoms with Gasteiger partial charge in [-0.25, -0.2) is 18.6 Å². The number of pyridine rings is 1. The first-order chi connectivity index (χ1) is 12.4. The van der Waals surface area contributed by atoms with Crippen molar-refractivity contribution in [1.82, 2.24) is 9.38 Å². The summed E-state index contributed by atoms with van der Waals surface area (Å²) in [4.78, 5) is 16.5. The van der Waals surface area contributed by atoms with E-state index in [1.165, 1.54) is 10.5 Å². The van der Waals surface area contributed by atoms with Crippen molar-refractivity contribution in [2.75, 3.05) is 4.61 Å². The Balaban J connectivity index is 2.01. The maximum atomic E-state index is 13.8. The molecule has 0 atom stereocenters. The Kier molecular flexibility index (Phi) is 5.76. The van der Waals surface area contributed by atoms with E-state index in [9.17, 15) is 13.6 Å². The minimum Gasteiger partial charge on any atom is -0.485 e. The molecule has 0 amide bonds. The molecule has 3 aromatic rings. The number of aromatic nitrogens is 2. The number of aryl methyl sites for hydroxylation is 1. The summed E-state index contributed by atoms with van der Waals surface area (Å²) in [6.07, 6.45) is 1.65. The van der Waals surface area contributed by atoms with E-state index < -0.39 is 17.6 Å². The Morgan fingerprint density at radius 1 is 1.35 bits per heavy atom. The second-order valence-electron chi connectivity index (χ2n) is 5.29. The summed E-state index contributed by atoms with van der Waals surface area (Å²) in [5, 5.41) is 0. The predicted molar refractivity (Wildman–Crippen MR) is 103 cm³/mol. The van der Waals surface area contributed by atoms with Crippen molar-refractivity contribution >= 4 is 50.1 Å². The Hall–Kier alpha value is -1.75. The van der Waals surface area contributed by atoms with Crippen LogP contribution in [0.15, 0.2) is 34.9 Å². The Labute approximate surface area is 169 Å². The lowest BCUT2D eigenvalue weighted by Crippen LogP contribution is -2.09. The number of carbonyl (C=O) groups excluding carboxylic acids is 1. The smallest absolute Gasteiger partial charge is 0.358 e. The molecule has 0 fully saturated rings. The minimum absolute atomic E-state index is 0.182. The molecule has 9 heteroatoms. The van der Waals surface area contributed by atoms with Crippen LogP contribution in [0.25, 0.3) is 5.65 Å². The average molecular weight is 537 g/mol. The van der Waals surface area contributed by atoms with Crippen molar-refractivity contribution in [3.05, 3.63) is 63.5 Å². The van der Waals surface area contributed by atoms with Crippen LogP contribution < -0.4 is 4.74 Å². The lowest BCUT2D eigenvalue weighted by molar-refractivity contribution is 0.0581. The number of nitrogens with zero attached hydrogens (tertiary/aromatic N) is 2. The van der Waals surface area contributed by atoms with E-state index in [2.05, 4.69) is 20.9 Å². The number of imidazole rings is 1. The second-order valence-corrected chi connectivity index (χ2v) is 6.83. The zero-order valence-electron chi connectivity index (χ0n) is 13.4. The van der Waals surface area contributed by atoms with Gasteiger partial charge in [-0.05, 0) is 63.6 Å². The van der Waals surface area contributed by atoms with Crippen LogP contribution in [-0.2, 0) is 11.3 Å². The third kappa shape index (κ3) is 3.68. The zero-order chi connectivity index (χ0) is 18.8. The van der Waals surface area contributed by atoms with Gasteiger partial charge in [0.1, 0.15) is 22.9 Å². The highest BCUT2D eigenvalue weighted by Crippen LogP contribution is 2.28. The number of ether oxygens (including phenoxy) is 2. The van der Waals surface area contributed by atoms with Crippen LogP contribution in [0.1, 0.15) is 21.7 Å². The molecule has 5 nitrogen and oxygen atoms in total. The molecule has 0 unspecified atom stereocenters. The van der Waals surface area contributed by atoms with Gasteiger partial charge in [0, 0.05) is 10.7 Å². The van der Waals surface area contributed by atoms with Crippen molar-refractivity contribution in [2.45, 2.75) is 13.5 Å². The zero-order valence-corrected chi connectivity index (χ0v) is 17.2. The third-order valence-electron chi connectivity index (χ3n) is 3.64. The number of benzene rings is 1. The second kappa shape index (κ2) is 7.87. The molecule has 2 aromatic heterocycles.